The van der Waals surface area contributed by atoms with Crippen molar-refractivity contribution >= 4 is 17.6 Å². The molecule has 0 saturated heterocycles. The van der Waals surface area contributed by atoms with Gasteiger partial charge in [0.05, 0.1) is 18.1 Å². The van der Waals surface area contributed by atoms with Crippen molar-refractivity contribution in [2.75, 3.05) is 5.73 Å². The normalized spacial score (nSPS) is 13.9. The Labute approximate surface area is 103 Å². The van der Waals surface area contributed by atoms with Crippen molar-refractivity contribution < 1.29 is 24.9 Å². The molecule has 0 heterocycles. The minimum absolute atomic E-state index is 0.0450. The van der Waals surface area contributed by atoms with Gasteiger partial charge in [0.2, 0.25) is 5.91 Å². The Morgan fingerprint density at radius 2 is 1.89 bits per heavy atom. The average Bonchev–Trinajstić information content (AvgIpc) is 2.27. The number of carbonyl (C=O) groups is 2. The van der Waals surface area contributed by atoms with E-state index in [0.29, 0.717) is 0 Å². The molecule has 0 radical (unpaired) electrons. The van der Waals surface area contributed by atoms with Crippen molar-refractivity contribution in [2.45, 2.75) is 18.6 Å². The summed E-state index contributed by atoms with van der Waals surface area (Å²) in [5.74, 6) is -1.97. The average molecular weight is 254 g/mol. The van der Waals surface area contributed by atoms with Crippen LogP contribution in [0.15, 0.2) is 18.2 Å². The number of hydrogen-bond acceptors (Lipinski definition) is 5. The van der Waals surface area contributed by atoms with E-state index < -0.39 is 30.5 Å². The third-order valence-corrected chi connectivity index (χ3v) is 2.43. The second kappa shape index (κ2) is 5.48. The molecule has 2 unspecified atom stereocenters. The topological polar surface area (TPSA) is 147 Å². The number of carboxylic acids is 1. The van der Waals surface area contributed by atoms with Gasteiger partial charge in [-0.1, -0.05) is 0 Å². The van der Waals surface area contributed by atoms with Gasteiger partial charge in [0.25, 0.3) is 0 Å². The summed E-state index contributed by atoms with van der Waals surface area (Å²) < 4.78 is 0. The largest absolute Gasteiger partial charge is 0.478 e. The maximum atomic E-state index is 10.8. The number of aliphatic hydroxyl groups is 2. The highest BCUT2D eigenvalue weighted by Crippen LogP contribution is 2.25. The Morgan fingerprint density at radius 3 is 2.39 bits per heavy atom. The molecule has 0 aliphatic rings. The van der Waals surface area contributed by atoms with E-state index in [2.05, 4.69) is 0 Å². The lowest BCUT2D eigenvalue weighted by molar-refractivity contribution is -0.121. The highest BCUT2D eigenvalue weighted by Gasteiger charge is 2.23. The minimum Gasteiger partial charge on any atom is -0.478 e. The summed E-state index contributed by atoms with van der Waals surface area (Å²) in [4.78, 5) is 21.4. The zero-order valence-corrected chi connectivity index (χ0v) is 9.41. The molecule has 98 valence electrons. The second-order valence-corrected chi connectivity index (χ2v) is 3.83. The Hall–Kier alpha value is -2.12. The summed E-state index contributed by atoms with van der Waals surface area (Å²) in [6.45, 7) is 0. The summed E-state index contributed by atoms with van der Waals surface area (Å²) >= 11 is 0. The molecule has 7 heteroatoms. The molecular formula is C11H14N2O5. The van der Waals surface area contributed by atoms with Crippen molar-refractivity contribution in [2.24, 2.45) is 5.73 Å². The Morgan fingerprint density at radius 1 is 1.28 bits per heavy atom. The van der Waals surface area contributed by atoms with E-state index in [1.807, 2.05) is 0 Å². The molecule has 1 aromatic rings. The van der Waals surface area contributed by atoms with Gasteiger partial charge in [-0.15, -0.1) is 0 Å². The van der Waals surface area contributed by atoms with Crippen LogP contribution < -0.4 is 11.5 Å². The van der Waals surface area contributed by atoms with Gasteiger partial charge in [0.1, 0.15) is 6.10 Å². The van der Waals surface area contributed by atoms with Crippen LogP contribution in [-0.2, 0) is 4.79 Å². The maximum absolute atomic E-state index is 10.8. The number of nitrogen functional groups attached to an aromatic ring is 1. The zero-order chi connectivity index (χ0) is 13.9. The van der Waals surface area contributed by atoms with Crippen LogP contribution in [0.2, 0.25) is 0 Å². The lowest BCUT2D eigenvalue weighted by atomic mass is 9.98. The molecule has 0 aromatic heterocycles. The lowest BCUT2D eigenvalue weighted by Gasteiger charge is -2.18. The van der Waals surface area contributed by atoms with Gasteiger partial charge in [-0.25, -0.2) is 4.79 Å². The molecule has 0 aliphatic carbocycles. The highest BCUT2D eigenvalue weighted by atomic mass is 16.4. The van der Waals surface area contributed by atoms with Gasteiger partial charge in [-0.05, 0) is 18.2 Å². The molecule has 1 rings (SSSR count). The van der Waals surface area contributed by atoms with Crippen LogP contribution in [0.3, 0.4) is 0 Å². The highest BCUT2D eigenvalue weighted by molar-refractivity contribution is 5.88. The number of hydrogen-bond donors (Lipinski definition) is 5. The molecule has 7 nitrogen and oxygen atoms in total. The molecule has 0 aliphatic heterocycles. The third kappa shape index (κ3) is 3.19. The van der Waals surface area contributed by atoms with Gasteiger partial charge in [0.15, 0.2) is 0 Å². The Balaban J connectivity index is 3.03. The smallest absolute Gasteiger partial charge is 0.335 e. The maximum Gasteiger partial charge on any atom is 0.335 e. The van der Waals surface area contributed by atoms with E-state index in [9.17, 15) is 19.8 Å². The minimum atomic E-state index is -1.48. The van der Waals surface area contributed by atoms with Crippen molar-refractivity contribution in [3.05, 3.63) is 29.3 Å². The van der Waals surface area contributed by atoms with Gasteiger partial charge in [-0.3, -0.25) is 4.79 Å². The number of anilines is 1. The third-order valence-electron chi connectivity index (χ3n) is 2.43. The summed E-state index contributed by atoms with van der Waals surface area (Å²) in [6, 6.07) is 3.72. The van der Waals surface area contributed by atoms with Crippen LogP contribution in [0.4, 0.5) is 5.69 Å². The molecule has 2 atom stereocenters. The van der Waals surface area contributed by atoms with Gasteiger partial charge in [0, 0.05) is 11.3 Å². The van der Waals surface area contributed by atoms with E-state index in [0.717, 1.165) is 6.07 Å². The molecule has 0 bridgehead atoms. The van der Waals surface area contributed by atoms with E-state index in [4.69, 9.17) is 16.6 Å². The first-order valence-corrected chi connectivity index (χ1v) is 5.10. The van der Waals surface area contributed by atoms with Gasteiger partial charge < -0.3 is 26.8 Å². The summed E-state index contributed by atoms with van der Waals surface area (Å²) in [7, 11) is 0. The number of aromatic carboxylic acids is 1. The number of aliphatic hydroxyl groups excluding tert-OH is 2. The second-order valence-electron chi connectivity index (χ2n) is 3.83. The van der Waals surface area contributed by atoms with Crippen molar-refractivity contribution in [3.8, 4) is 0 Å². The summed E-state index contributed by atoms with van der Waals surface area (Å²) in [5, 5.41) is 28.1. The fourth-order valence-electron chi connectivity index (χ4n) is 1.49. The molecule has 0 spiro atoms. The van der Waals surface area contributed by atoms with E-state index in [1.54, 1.807) is 0 Å². The van der Waals surface area contributed by atoms with Gasteiger partial charge in [-0.2, -0.15) is 0 Å². The van der Waals surface area contributed by atoms with Crippen molar-refractivity contribution in [1.29, 1.82) is 0 Å². The summed E-state index contributed by atoms with van der Waals surface area (Å²) in [5.41, 5.74) is 10.6. The standard InChI is InChI=1S/C11H14N2O5/c12-7-2-1-5(11(17)18)3-6(7)10(16)8(14)4-9(13)15/h1-3,8,10,14,16H,4,12H2,(H2,13,15)(H,17,18). The molecule has 1 aromatic carbocycles. The monoisotopic (exact) mass is 254 g/mol. The molecule has 18 heavy (non-hydrogen) atoms. The molecule has 7 N–H and O–H groups in total. The first-order chi connectivity index (χ1) is 8.32. The number of benzene rings is 1. The number of carboxylic acid groups (broad SMARTS) is 1. The molecule has 0 fully saturated rings. The molecular weight excluding hydrogens is 240 g/mol. The van der Waals surface area contributed by atoms with Crippen molar-refractivity contribution in [3.63, 3.8) is 0 Å². The Bertz CT molecular complexity index is 475. The lowest BCUT2D eigenvalue weighted by Crippen LogP contribution is -2.26. The van der Waals surface area contributed by atoms with E-state index in [-0.39, 0.29) is 16.8 Å². The van der Waals surface area contributed by atoms with E-state index >= 15 is 0 Å². The van der Waals surface area contributed by atoms with Gasteiger partial charge >= 0.3 is 5.97 Å². The van der Waals surface area contributed by atoms with Crippen LogP contribution in [0.5, 0.6) is 0 Å². The molecule has 0 saturated carbocycles. The predicted octanol–water partition coefficient (Wildman–Crippen LogP) is -0.763. The van der Waals surface area contributed by atoms with Crippen molar-refractivity contribution in [1.82, 2.24) is 0 Å². The predicted molar refractivity (Wildman–Crippen MR) is 62.6 cm³/mol. The number of nitrogens with two attached hydrogens (primary N) is 2. The first kappa shape index (κ1) is 13.9. The zero-order valence-electron chi connectivity index (χ0n) is 9.41. The Kier molecular flexibility index (Phi) is 4.24. The summed E-state index contributed by atoms with van der Waals surface area (Å²) in [6.07, 6.45) is -3.36. The fraction of sp³-hybridized carbons (Fsp3) is 0.273. The SMILES string of the molecule is NC(=O)CC(O)C(O)c1cc(C(=O)O)ccc1N. The van der Waals surface area contributed by atoms with Crippen LogP contribution in [0, 0.1) is 0 Å². The number of primary amides is 1. The number of amides is 1. The quantitative estimate of drug-likeness (QED) is 0.436. The van der Waals surface area contributed by atoms with Crippen LogP contribution in [-0.4, -0.2) is 33.3 Å². The fourth-order valence-corrected chi connectivity index (χ4v) is 1.49. The van der Waals surface area contributed by atoms with Crippen LogP contribution >= 0.6 is 0 Å². The number of rotatable bonds is 5. The van der Waals surface area contributed by atoms with Crippen LogP contribution in [0.25, 0.3) is 0 Å². The number of carbonyl (C=O) groups excluding carboxylic acids is 1. The molecule has 1 amide bonds. The van der Waals surface area contributed by atoms with E-state index in [1.165, 1.54) is 12.1 Å². The first-order valence-electron chi connectivity index (χ1n) is 5.10. The van der Waals surface area contributed by atoms with Crippen LogP contribution in [0.1, 0.15) is 28.4 Å².